The van der Waals surface area contributed by atoms with Crippen LogP contribution in [0, 0.1) is 23.6 Å². The molecule has 9 nitrogen and oxygen atoms in total. The van der Waals surface area contributed by atoms with Gasteiger partial charge in [-0.2, -0.15) is 5.10 Å². The lowest BCUT2D eigenvalue weighted by Crippen LogP contribution is -2.52. The van der Waals surface area contributed by atoms with Crippen LogP contribution in [0.2, 0.25) is 0 Å². The van der Waals surface area contributed by atoms with Gasteiger partial charge in [0.2, 0.25) is 11.8 Å². The van der Waals surface area contributed by atoms with Gasteiger partial charge in [0.1, 0.15) is 17.6 Å². The molecule has 2 fully saturated rings. The number of hydrogen-bond acceptors (Lipinski definition) is 5. The molecule has 2 N–H and O–H groups in total. The Morgan fingerprint density at radius 1 is 0.956 bits per heavy atom. The van der Waals surface area contributed by atoms with Crippen molar-refractivity contribution in [1.82, 2.24) is 25.3 Å². The summed E-state index contributed by atoms with van der Waals surface area (Å²) in [5.74, 6) is -0.904. The number of amides is 3. The lowest BCUT2D eigenvalue weighted by atomic mass is 9.77. The summed E-state index contributed by atoms with van der Waals surface area (Å²) in [7, 11) is 0. The number of aryl methyl sites for hydroxylation is 1. The maximum Gasteiger partial charge on any atom is 0.270 e. The number of piperidine rings is 1. The van der Waals surface area contributed by atoms with Crippen molar-refractivity contribution < 1.29 is 23.6 Å². The molecule has 1 saturated heterocycles. The number of hydrogen-bond donors (Lipinski definition) is 2. The van der Waals surface area contributed by atoms with Crippen molar-refractivity contribution in [3.8, 4) is 0 Å². The van der Waals surface area contributed by atoms with Gasteiger partial charge >= 0.3 is 0 Å². The number of ketones is 1. The zero-order valence-corrected chi connectivity index (χ0v) is 27.5. The van der Waals surface area contributed by atoms with E-state index in [1.807, 2.05) is 13.8 Å². The molecule has 1 saturated carbocycles. The highest BCUT2D eigenvalue weighted by Gasteiger charge is 2.35. The van der Waals surface area contributed by atoms with Crippen molar-refractivity contribution in [2.24, 2.45) is 17.8 Å². The van der Waals surface area contributed by atoms with E-state index in [-0.39, 0.29) is 47.8 Å². The molecule has 2 heterocycles. The van der Waals surface area contributed by atoms with Crippen LogP contribution in [0.15, 0.2) is 30.5 Å². The molecule has 0 unspecified atom stereocenters. The van der Waals surface area contributed by atoms with Crippen LogP contribution in [0.3, 0.4) is 0 Å². The van der Waals surface area contributed by atoms with E-state index in [4.69, 9.17) is 0 Å². The van der Waals surface area contributed by atoms with Crippen LogP contribution in [-0.4, -0.2) is 63.4 Å². The summed E-state index contributed by atoms with van der Waals surface area (Å²) in [6.45, 7) is 11.6. The molecule has 45 heavy (non-hydrogen) atoms. The van der Waals surface area contributed by atoms with Gasteiger partial charge < -0.3 is 15.5 Å². The van der Waals surface area contributed by atoms with Gasteiger partial charge in [0, 0.05) is 44.6 Å². The number of carbonyl (C=O) groups excluding carboxylic acids is 4. The van der Waals surface area contributed by atoms with E-state index in [1.165, 1.54) is 6.07 Å². The van der Waals surface area contributed by atoms with Crippen LogP contribution in [0.25, 0.3) is 0 Å². The Kier molecular flexibility index (Phi) is 11.9. The molecule has 246 valence electrons. The predicted molar refractivity (Wildman–Crippen MR) is 171 cm³/mol. The molecular weight excluding hydrogens is 573 g/mol. The van der Waals surface area contributed by atoms with Crippen molar-refractivity contribution in [3.05, 3.63) is 53.1 Å². The number of nitrogens with one attached hydrogen (secondary N) is 2. The summed E-state index contributed by atoms with van der Waals surface area (Å²) in [4.78, 5) is 54.8. The standard InChI is InChI=1S/C35H50FN5O4/c1-6-31(43)38-32(35(45)40-18-15-23(4)16-19-40)24(5)26-12-13-27(28(36)20-26)21-30(42)33(25-10-8-22(3)9-11-25)39-34(44)29-14-17-37-41(29)7-2/h12-14,17,20,22-25,32-33H,6-11,15-16,18-19,21H2,1-5H3,(H,38,43)(H,39,44)/t22?,24-,25?,32+,33-/m0/s1. The van der Waals surface area contributed by atoms with Crippen molar-refractivity contribution >= 4 is 23.5 Å². The highest BCUT2D eigenvalue weighted by atomic mass is 19.1. The first kappa shape index (κ1) is 34.3. The molecule has 1 aromatic heterocycles. The highest BCUT2D eigenvalue weighted by molar-refractivity contribution is 5.97. The van der Waals surface area contributed by atoms with Gasteiger partial charge in [0.15, 0.2) is 5.78 Å². The molecule has 0 radical (unpaired) electrons. The molecule has 1 aromatic carbocycles. The first-order chi connectivity index (χ1) is 21.5. The fraction of sp³-hybridized carbons (Fsp3) is 0.629. The van der Waals surface area contributed by atoms with E-state index in [0.29, 0.717) is 42.7 Å². The number of likely N-dealkylation sites (tertiary alicyclic amines) is 1. The third kappa shape index (κ3) is 8.58. The molecule has 3 atom stereocenters. The van der Waals surface area contributed by atoms with E-state index in [0.717, 1.165) is 38.5 Å². The fourth-order valence-corrected chi connectivity index (χ4v) is 6.66. The number of Topliss-reactive ketones (excluding diaryl/α,β-unsaturated/α-hetero) is 1. The lowest BCUT2D eigenvalue weighted by molar-refractivity contribution is -0.138. The fourth-order valence-electron chi connectivity index (χ4n) is 6.66. The van der Waals surface area contributed by atoms with Gasteiger partial charge in [-0.3, -0.25) is 23.9 Å². The largest absolute Gasteiger partial charge is 0.344 e. The van der Waals surface area contributed by atoms with Gasteiger partial charge in [-0.15, -0.1) is 0 Å². The molecule has 1 aliphatic carbocycles. The summed E-state index contributed by atoms with van der Waals surface area (Å²) >= 11 is 0. The average Bonchev–Trinajstić information content (AvgIpc) is 3.53. The van der Waals surface area contributed by atoms with Crippen molar-refractivity contribution in [2.45, 2.75) is 111 Å². The predicted octanol–water partition coefficient (Wildman–Crippen LogP) is 5.04. The third-order valence-corrected chi connectivity index (χ3v) is 9.88. The van der Waals surface area contributed by atoms with E-state index < -0.39 is 23.8 Å². The Morgan fingerprint density at radius 2 is 1.62 bits per heavy atom. The van der Waals surface area contributed by atoms with Crippen molar-refractivity contribution in [1.29, 1.82) is 0 Å². The van der Waals surface area contributed by atoms with Gasteiger partial charge in [0.05, 0.1) is 6.04 Å². The summed E-state index contributed by atoms with van der Waals surface area (Å²) < 4.78 is 17.3. The number of nitrogens with zero attached hydrogens (tertiary/aromatic N) is 3. The maximum atomic E-state index is 15.7. The lowest BCUT2D eigenvalue weighted by Gasteiger charge is -2.35. The number of benzene rings is 1. The van der Waals surface area contributed by atoms with Crippen LogP contribution in [0.5, 0.6) is 0 Å². The molecule has 0 bridgehead atoms. The van der Waals surface area contributed by atoms with E-state index in [1.54, 1.807) is 40.9 Å². The van der Waals surface area contributed by atoms with Crippen molar-refractivity contribution in [2.75, 3.05) is 13.1 Å². The molecular formula is C35H50FN5O4. The molecule has 10 heteroatoms. The average molecular weight is 624 g/mol. The van der Waals surface area contributed by atoms with Gasteiger partial charge in [-0.25, -0.2) is 4.39 Å². The van der Waals surface area contributed by atoms with E-state index >= 15 is 4.39 Å². The maximum absolute atomic E-state index is 15.7. The molecule has 0 spiro atoms. The molecule has 1 aliphatic heterocycles. The Morgan fingerprint density at radius 3 is 2.24 bits per heavy atom. The minimum Gasteiger partial charge on any atom is -0.344 e. The SMILES string of the molecule is CCC(=O)N[C@@H](C(=O)N1CCC(C)CC1)[C@@H](C)c1ccc(CC(=O)[C@@H](NC(=O)c2ccnn2CC)C2CCC(C)CC2)c(F)c1. The van der Waals surface area contributed by atoms with Crippen LogP contribution < -0.4 is 10.6 Å². The number of rotatable bonds is 12. The number of halogens is 1. The number of carbonyl (C=O) groups is 4. The minimum absolute atomic E-state index is 0.0234. The highest BCUT2D eigenvalue weighted by Crippen LogP contribution is 2.32. The molecule has 3 amide bonds. The summed E-state index contributed by atoms with van der Waals surface area (Å²) in [6, 6.07) is 4.79. The molecule has 2 aromatic rings. The second kappa shape index (κ2) is 15.6. The Balaban J connectivity index is 1.52. The van der Waals surface area contributed by atoms with E-state index in [9.17, 15) is 19.2 Å². The normalized spacial score (nSPS) is 21.1. The van der Waals surface area contributed by atoms with Gasteiger partial charge in [0.25, 0.3) is 5.91 Å². The molecule has 4 rings (SSSR count). The smallest absolute Gasteiger partial charge is 0.270 e. The van der Waals surface area contributed by atoms with E-state index in [2.05, 4.69) is 29.6 Å². The van der Waals surface area contributed by atoms with Crippen LogP contribution in [0.1, 0.15) is 107 Å². The monoisotopic (exact) mass is 623 g/mol. The van der Waals surface area contributed by atoms with Crippen LogP contribution >= 0.6 is 0 Å². The van der Waals surface area contributed by atoms with Crippen LogP contribution in [-0.2, 0) is 27.3 Å². The number of aromatic nitrogens is 2. The second-order valence-electron chi connectivity index (χ2n) is 13.2. The third-order valence-electron chi connectivity index (χ3n) is 9.88. The van der Waals surface area contributed by atoms with Crippen molar-refractivity contribution in [3.63, 3.8) is 0 Å². The quantitative estimate of drug-likeness (QED) is 0.344. The Bertz CT molecular complexity index is 1340. The summed E-state index contributed by atoms with van der Waals surface area (Å²) in [5, 5.41) is 10.0. The minimum atomic E-state index is -0.817. The zero-order valence-electron chi connectivity index (χ0n) is 27.5. The summed E-state index contributed by atoms with van der Waals surface area (Å²) in [6.07, 6.45) is 7.05. The first-order valence-electron chi connectivity index (χ1n) is 16.7. The first-order valence-corrected chi connectivity index (χ1v) is 16.7. The van der Waals surface area contributed by atoms with Gasteiger partial charge in [-0.1, -0.05) is 52.7 Å². The molecule has 2 aliphatic rings. The van der Waals surface area contributed by atoms with Crippen LogP contribution in [0.4, 0.5) is 4.39 Å². The van der Waals surface area contributed by atoms with Gasteiger partial charge in [-0.05, 0) is 73.6 Å². The second-order valence-corrected chi connectivity index (χ2v) is 13.2. The Hall–Kier alpha value is -3.56. The summed E-state index contributed by atoms with van der Waals surface area (Å²) in [5.41, 5.74) is 1.20. The zero-order chi connectivity index (χ0) is 32.7. The topological polar surface area (TPSA) is 113 Å². The Labute approximate surface area is 266 Å².